The Kier molecular flexibility index (Phi) is 2.59. The van der Waals surface area contributed by atoms with Gasteiger partial charge in [-0.3, -0.25) is 0 Å². The van der Waals surface area contributed by atoms with Gasteiger partial charge in [0.05, 0.1) is 0 Å². The van der Waals surface area contributed by atoms with E-state index in [1.54, 1.807) is 0 Å². The van der Waals surface area contributed by atoms with Crippen LogP contribution in [0.1, 0.15) is 0 Å². The fraction of sp³-hybridized carbons (Fsp3) is 0. The van der Waals surface area contributed by atoms with E-state index in [0.29, 0.717) is 0 Å². The SMILES string of the molecule is NC(=S)N(N)C(N)=S. The van der Waals surface area contributed by atoms with Crippen molar-refractivity contribution in [1.82, 2.24) is 5.01 Å². The van der Waals surface area contributed by atoms with Gasteiger partial charge in [-0.1, -0.05) is 0 Å². The molecule has 0 aromatic heterocycles. The summed E-state index contributed by atoms with van der Waals surface area (Å²) in [6.07, 6.45) is 0. The molecule has 46 valence electrons. The van der Waals surface area contributed by atoms with Crippen LogP contribution in [0.5, 0.6) is 0 Å². The van der Waals surface area contributed by atoms with E-state index in [9.17, 15) is 0 Å². The second-order valence-electron chi connectivity index (χ2n) is 1.05. The fourth-order valence-electron chi connectivity index (χ4n) is 0.109. The maximum atomic E-state index is 5.06. The van der Waals surface area contributed by atoms with E-state index in [4.69, 9.17) is 17.3 Å². The van der Waals surface area contributed by atoms with E-state index in [-0.39, 0.29) is 10.2 Å². The first-order valence-electron chi connectivity index (χ1n) is 1.69. The monoisotopic (exact) mass is 150 g/mol. The molecule has 0 bridgehead atoms. The highest BCUT2D eigenvalue weighted by Crippen LogP contribution is 1.74. The number of thiocarbonyl (C=S) groups is 2. The fourth-order valence-corrected chi connectivity index (χ4v) is 0.363. The van der Waals surface area contributed by atoms with Crippen LogP contribution in [-0.4, -0.2) is 15.2 Å². The van der Waals surface area contributed by atoms with Gasteiger partial charge in [-0.2, -0.15) is 0 Å². The molecule has 0 saturated carbocycles. The molecule has 0 atom stereocenters. The van der Waals surface area contributed by atoms with Crippen LogP contribution in [0, 0.1) is 0 Å². The van der Waals surface area contributed by atoms with Crippen molar-refractivity contribution in [2.45, 2.75) is 0 Å². The Hall–Kier alpha value is -0.460. The molecule has 0 radical (unpaired) electrons. The molecule has 0 amide bonds. The van der Waals surface area contributed by atoms with Crippen LogP contribution in [0.3, 0.4) is 0 Å². The molecule has 0 aliphatic heterocycles. The largest absolute Gasteiger partial charge is 0.375 e. The topological polar surface area (TPSA) is 81.3 Å². The number of hydrogen-bond acceptors (Lipinski definition) is 3. The number of rotatable bonds is 0. The normalized spacial score (nSPS) is 8.12. The maximum absolute atomic E-state index is 5.06. The highest BCUT2D eigenvalue weighted by Gasteiger charge is 1.99. The van der Waals surface area contributed by atoms with Gasteiger partial charge in [0.1, 0.15) is 0 Å². The molecule has 0 rings (SSSR count). The average Bonchev–Trinajstić information content (AvgIpc) is 1.64. The highest BCUT2D eigenvalue weighted by atomic mass is 32.1. The van der Waals surface area contributed by atoms with Crippen LogP contribution in [0.4, 0.5) is 0 Å². The summed E-state index contributed by atoms with van der Waals surface area (Å²) in [4.78, 5) is 0. The van der Waals surface area contributed by atoms with Gasteiger partial charge in [-0.25, -0.2) is 10.9 Å². The van der Waals surface area contributed by atoms with Gasteiger partial charge in [-0.05, 0) is 24.4 Å². The minimum atomic E-state index is -0.0301. The highest BCUT2D eigenvalue weighted by molar-refractivity contribution is 7.81. The number of hydrogen-bond donors (Lipinski definition) is 3. The van der Waals surface area contributed by atoms with Gasteiger partial charge in [0, 0.05) is 0 Å². The molecule has 0 aromatic rings. The minimum absolute atomic E-state index is 0.0301. The lowest BCUT2D eigenvalue weighted by Gasteiger charge is -2.11. The van der Waals surface area contributed by atoms with Crippen molar-refractivity contribution < 1.29 is 0 Å². The van der Waals surface area contributed by atoms with Gasteiger partial charge >= 0.3 is 0 Å². The summed E-state index contributed by atoms with van der Waals surface area (Å²) in [5, 5.41) is 0.792. The quantitative estimate of drug-likeness (QED) is 0.225. The molecule has 0 fully saturated rings. The average molecular weight is 150 g/mol. The Morgan fingerprint density at radius 2 is 1.38 bits per heavy atom. The second-order valence-corrected chi connectivity index (χ2v) is 1.88. The van der Waals surface area contributed by atoms with Crippen LogP contribution < -0.4 is 17.3 Å². The van der Waals surface area contributed by atoms with Crippen molar-refractivity contribution in [3.8, 4) is 0 Å². The molecule has 0 saturated heterocycles. The standard InChI is InChI=1S/C2H6N4S2/c3-1(7)6(5)2(4)8/h5H2,(H2,3,7)(H2,4,8). The Morgan fingerprint density at radius 1 is 1.12 bits per heavy atom. The van der Waals surface area contributed by atoms with Gasteiger partial charge < -0.3 is 11.5 Å². The third kappa shape index (κ3) is 2.01. The smallest absolute Gasteiger partial charge is 0.187 e. The summed E-state index contributed by atoms with van der Waals surface area (Å²) in [7, 11) is 0. The van der Waals surface area contributed by atoms with E-state index in [0.717, 1.165) is 5.01 Å². The Morgan fingerprint density at radius 3 is 1.38 bits per heavy atom. The molecule has 6 heteroatoms. The van der Waals surface area contributed by atoms with Crippen molar-refractivity contribution in [2.75, 3.05) is 0 Å². The van der Waals surface area contributed by atoms with E-state index < -0.39 is 0 Å². The zero-order valence-corrected chi connectivity index (χ0v) is 5.63. The van der Waals surface area contributed by atoms with Crippen molar-refractivity contribution in [3.63, 3.8) is 0 Å². The molecule has 4 nitrogen and oxygen atoms in total. The minimum Gasteiger partial charge on any atom is -0.375 e. The Balaban J connectivity index is 3.83. The Bertz CT molecular complexity index is 107. The molecular formula is C2H6N4S2. The summed E-state index contributed by atoms with van der Waals surface area (Å²) in [6, 6.07) is 0. The van der Waals surface area contributed by atoms with E-state index in [1.807, 2.05) is 0 Å². The lowest BCUT2D eigenvalue weighted by molar-refractivity contribution is 0.665. The Labute approximate surface area is 57.6 Å². The molecule has 0 unspecified atom stereocenters. The van der Waals surface area contributed by atoms with Crippen LogP contribution in [0.2, 0.25) is 0 Å². The van der Waals surface area contributed by atoms with E-state index >= 15 is 0 Å². The zero-order valence-electron chi connectivity index (χ0n) is 4.00. The lowest BCUT2D eigenvalue weighted by Crippen LogP contribution is -2.48. The number of hydrazine groups is 1. The van der Waals surface area contributed by atoms with Crippen LogP contribution in [0.25, 0.3) is 0 Å². The van der Waals surface area contributed by atoms with Gasteiger partial charge in [0.15, 0.2) is 10.2 Å². The van der Waals surface area contributed by atoms with Crippen molar-refractivity contribution in [1.29, 1.82) is 0 Å². The molecule has 6 N–H and O–H groups in total. The molecule has 0 spiro atoms. The summed E-state index contributed by atoms with van der Waals surface area (Å²) in [5.74, 6) is 5.06. The van der Waals surface area contributed by atoms with E-state index in [2.05, 4.69) is 24.4 Å². The summed E-state index contributed by atoms with van der Waals surface area (Å²) >= 11 is 8.81. The summed E-state index contributed by atoms with van der Waals surface area (Å²) in [5.41, 5.74) is 10.0. The second kappa shape index (κ2) is 2.75. The number of nitrogens with zero attached hydrogens (tertiary/aromatic N) is 1. The first-order valence-corrected chi connectivity index (χ1v) is 2.51. The van der Waals surface area contributed by atoms with Gasteiger partial charge in [0.25, 0.3) is 0 Å². The predicted molar refractivity (Wildman–Crippen MR) is 39.6 cm³/mol. The zero-order chi connectivity index (χ0) is 6.73. The van der Waals surface area contributed by atoms with Crippen LogP contribution in [0.15, 0.2) is 0 Å². The summed E-state index contributed by atoms with van der Waals surface area (Å²) < 4.78 is 0. The first kappa shape index (κ1) is 7.54. The maximum Gasteiger partial charge on any atom is 0.187 e. The molecule has 0 aliphatic carbocycles. The molecular weight excluding hydrogens is 144 g/mol. The molecule has 0 aliphatic rings. The van der Waals surface area contributed by atoms with Crippen LogP contribution in [-0.2, 0) is 0 Å². The molecule has 8 heavy (non-hydrogen) atoms. The lowest BCUT2D eigenvalue weighted by atomic mass is 10.9. The summed E-state index contributed by atoms with van der Waals surface area (Å²) in [6.45, 7) is 0. The van der Waals surface area contributed by atoms with Crippen molar-refractivity contribution >= 4 is 34.7 Å². The van der Waals surface area contributed by atoms with Gasteiger partial charge in [-0.15, -0.1) is 0 Å². The van der Waals surface area contributed by atoms with Gasteiger partial charge in [0.2, 0.25) is 0 Å². The van der Waals surface area contributed by atoms with Crippen molar-refractivity contribution in [2.24, 2.45) is 17.3 Å². The van der Waals surface area contributed by atoms with E-state index in [1.165, 1.54) is 0 Å². The molecule has 0 aromatic carbocycles. The van der Waals surface area contributed by atoms with Crippen LogP contribution >= 0.6 is 24.4 Å². The first-order chi connectivity index (χ1) is 3.55. The number of nitrogens with two attached hydrogens (primary N) is 3. The molecule has 0 heterocycles. The predicted octanol–water partition coefficient (Wildman–Crippen LogP) is -1.35. The third-order valence-electron chi connectivity index (χ3n) is 0.475. The third-order valence-corrected chi connectivity index (χ3v) is 0.868. The van der Waals surface area contributed by atoms with Crippen molar-refractivity contribution in [3.05, 3.63) is 0 Å².